The zero-order valence-corrected chi connectivity index (χ0v) is 20.5. The Balaban J connectivity index is 1.45. The minimum absolute atomic E-state index is 0.0133. The van der Waals surface area contributed by atoms with Crippen molar-refractivity contribution in [3.05, 3.63) is 29.3 Å². The number of hydrogen-bond donors (Lipinski definition) is 1. The van der Waals surface area contributed by atoms with Gasteiger partial charge in [-0.05, 0) is 49.8 Å². The van der Waals surface area contributed by atoms with Crippen molar-refractivity contribution in [2.75, 3.05) is 20.2 Å². The van der Waals surface area contributed by atoms with E-state index in [0.29, 0.717) is 23.8 Å². The number of thiazole rings is 1. The number of amides is 1. The third kappa shape index (κ3) is 3.49. The van der Waals surface area contributed by atoms with Crippen LogP contribution < -0.4 is 10.5 Å². The minimum atomic E-state index is -0.0133. The molecule has 2 N–H and O–H groups in total. The number of benzene rings is 1. The van der Waals surface area contributed by atoms with E-state index in [1.54, 1.807) is 18.4 Å². The summed E-state index contributed by atoms with van der Waals surface area (Å²) in [7, 11) is 3.66. The van der Waals surface area contributed by atoms with Gasteiger partial charge in [-0.2, -0.15) is 0 Å². The first-order chi connectivity index (χ1) is 16.5. The molecule has 1 aliphatic carbocycles. The second kappa shape index (κ2) is 8.39. The number of likely N-dealkylation sites (tertiary alicyclic amines) is 1. The topological polar surface area (TPSA) is 91.2 Å². The Morgan fingerprint density at radius 1 is 1.24 bits per heavy atom. The van der Waals surface area contributed by atoms with Crippen LogP contribution in [0.4, 0.5) is 0 Å². The highest BCUT2D eigenvalue weighted by atomic mass is 32.1. The normalized spacial score (nSPS) is 19.1. The Bertz CT molecular complexity index is 1380. The number of fused-ring (bicyclic) bond motifs is 2. The monoisotopic (exact) mass is 478 g/mol. The first-order valence-corrected chi connectivity index (χ1v) is 12.9. The number of aryl methyl sites for hydroxylation is 1. The maximum atomic E-state index is 13.3. The van der Waals surface area contributed by atoms with Crippen LogP contribution in [0.1, 0.15) is 42.5 Å². The van der Waals surface area contributed by atoms with Gasteiger partial charge in [0.25, 0.3) is 5.91 Å². The molecule has 6 rings (SSSR count). The third-order valence-corrected chi connectivity index (χ3v) is 8.20. The SMILES string of the molecule is COc1cc(C(=O)N2CCC[C@@H](N)C2)cc2nc(-c3cc4scnc4n3CC3CCC3)n(C)c12. The molecule has 1 atom stereocenters. The molecule has 1 amide bonds. The third-order valence-electron chi connectivity index (χ3n) is 7.43. The van der Waals surface area contributed by atoms with Gasteiger partial charge in [-0.15, -0.1) is 11.3 Å². The Labute approximate surface area is 202 Å². The maximum absolute atomic E-state index is 13.3. The highest BCUT2D eigenvalue weighted by molar-refractivity contribution is 7.16. The molecule has 2 aliphatic rings. The lowest BCUT2D eigenvalue weighted by Gasteiger charge is -2.30. The zero-order valence-electron chi connectivity index (χ0n) is 19.7. The van der Waals surface area contributed by atoms with E-state index in [-0.39, 0.29) is 11.9 Å². The van der Waals surface area contributed by atoms with Crippen LogP contribution in [-0.4, -0.2) is 56.2 Å². The number of aromatic nitrogens is 4. The molecule has 2 fully saturated rings. The number of nitrogens with zero attached hydrogens (tertiary/aromatic N) is 5. The summed E-state index contributed by atoms with van der Waals surface area (Å²) < 4.78 is 11.3. The highest BCUT2D eigenvalue weighted by Gasteiger charge is 2.27. The second-order valence-electron chi connectivity index (χ2n) is 9.67. The van der Waals surface area contributed by atoms with E-state index in [9.17, 15) is 4.79 Å². The number of nitrogens with two attached hydrogens (primary N) is 1. The fraction of sp³-hybridized carbons (Fsp3) is 0.480. The van der Waals surface area contributed by atoms with Crippen LogP contribution in [0.2, 0.25) is 0 Å². The van der Waals surface area contributed by atoms with Gasteiger partial charge in [0.1, 0.15) is 11.3 Å². The average molecular weight is 479 g/mol. The van der Waals surface area contributed by atoms with Gasteiger partial charge in [0.15, 0.2) is 11.5 Å². The van der Waals surface area contributed by atoms with Crippen molar-refractivity contribution in [2.24, 2.45) is 18.7 Å². The van der Waals surface area contributed by atoms with Gasteiger partial charge in [-0.1, -0.05) is 6.42 Å². The fourth-order valence-electron chi connectivity index (χ4n) is 5.37. The summed E-state index contributed by atoms with van der Waals surface area (Å²) in [5.74, 6) is 2.20. The van der Waals surface area contributed by atoms with E-state index < -0.39 is 0 Å². The van der Waals surface area contributed by atoms with Crippen molar-refractivity contribution in [3.8, 4) is 17.3 Å². The van der Waals surface area contributed by atoms with Crippen LogP contribution in [0.5, 0.6) is 5.75 Å². The van der Waals surface area contributed by atoms with Crippen LogP contribution in [0.3, 0.4) is 0 Å². The van der Waals surface area contributed by atoms with Crippen LogP contribution in [-0.2, 0) is 13.6 Å². The number of hydrogen-bond acceptors (Lipinski definition) is 6. The fourth-order valence-corrected chi connectivity index (χ4v) is 6.08. The minimum Gasteiger partial charge on any atom is -0.494 e. The number of rotatable bonds is 5. The molecule has 4 heterocycles. The van der Waals surface area contributed by atoms with Crippen LogP contribution in [0.15, 0.2) is 23.7 Å². The van der Waals surface area contributed by atoms with Crippen molar-refractivity contribution in [3.63, 3.8) is 0 Å². The van der Waals surface area contributed by atoms with Crippen molar-refractivity contribution in [1.29, 1.82) is 0 Å². The Morgan fingerprint density at radius 3 is 2.82 bits per heavy atom. The van der Waals surface area contributed by atoms with Gasteiger partial charge >= 0.3 is 0 Å². The largest absolute Gasteiger partial charge is 0.494 e. The predicted octanol–water partition coefficient (Wildman–Crippen LogP) is 4.02. The molecule has 34 heavy (non-hydrogen) atoms. The van der Waals surface area contributed by atoms with Crippen LogP contribution >= 0.6 is 11.3 Å². The lowest BCUT2D eigenvalue weighted by atomic mass is 9.85. The molecule has 0 bridgehead atoms. The van der Waals surface area contributed by atoms with E-state index in [1.165, 1.54) is 24.0 Å². The van der Waals surface area contributed by atoms with Gasteiger partial charge < -0.3 is 24.5 Å². The predicted molar refractivity (Wildman–Crippen MR) is 134 cm³/mol. The molecule has 1 aromatic carbocycles. The van der Waals surface area contributed by atoms with E-state index in [1.807, 2.05) is 29.6 Å². The molecule has 0 radical (unpaired) electrons. The molecule has 8 nitrogen and oxygen atoms in total. The second-order valence-corrected chi connectivity index (χ2v) is 10.6. The van der Waals surface area contributed by atoms with Crippen molar-refractivity contribution < 1.29 is 9.53 Å². The smallest absolute Gasteiger partial charge is 0.254 e. The van der Waals surface area contributed by atoms with Crippen molar-refractivity contribution in [2.45, 2.75) is 44.7 Å². The summed E-state index contributed by atoms with van der Waals surface area (Å²) in [5.41, 5.74) is 12.4. The molecular formula is C25H30N6O2S. The molecular weight excluding hydrogens is 448 g/mol. The Hall–Kier alpha value is -2.91. The van der Waals surface area contributed by atoms with Crippen molar-refractivity contribution >= 4 is 38.6 Å². The molecule has 0 unspecified atom stereocenters. The molecule has 0 spiro atoms. The lowest BCUT2D eigenvalue weighted by Crippen LogP contribution is -2.45. The van der Waals surface area contributed by atoms with Crippen molar-refractivity contribution in [1.82, 2.24) is 24.0 Å². The number of ether oxygens (including phenoxy) is 1. The number of carbonyl (C=O) groups excluding carboxylic acids is 1. The molecule has 1 aliphatic heterocycles. The first kappa shape index (κ1) is 21.6. The zero-order chi connectivity index (χ0) is 23.4. The van der Waals surface area contributed by atoms with Gasteiger partial charge in [0, 0.05) is 38.3 Å². The van der Waals surface area contributed by atoms with E-state index in [0.717, 1.165) is 54.1 Å². The van der Waals surface area contributed by atoms with E-state index in [2.05, 4.69) is 20.2 Å². The first-order valence-electron chi connectivity index (χ1n) is 12.1. The molecule has 4 aromatic rings. The van der Waals surface area contributed by atoms with Gasteiger partial charge in [-0.3, -0.25) is 4.79 Å². The molecule has 3 aromatic heterocycles. The quantitative estimate of drug-likeness (QED) is 0.468. The molecule has 9 heteroatoms. The Kier molecular flexibility index (Phi) is 5.33. The summed E-state index contributed by atoms with van der Waals surface area (Å²) in [6, 6.07) is 5.96. The summed E-state index contributed by atoms with van der Waals surface area (Å²) in [6.45, 7) is 2.28. The molecule has 178 valence electrons. The van der Waals surface area contributed by atoms with Crippen LogP contribution in [0, 0.1) is 5.92 Å². The summed E-state index contributed by atoms with van der Waals surface area (Å²) in [5, 5.41) is 0. The summed E-state index contributed by atoms with van der Waals surface area (Å²) >= 11 is 1.66. The van der Waals surface area contributed by atoms with Gasteiger partial charge in [0.05, 0.1) is 28.5 Å². The number of methoxy groups -OCH3 is 1. The summed E-state index contributed by atoms with van der Waals surface area (Å²) in [6.07, 6.45) is 5.74. The van der Waals surface area contributed by atoms with E-state index >= 15 is 0 Å². The molecule has 1 saturated carbocycles. The Morgan fingerprint density at radius 2 is 2.09 bits per heavy atom. The van der Waals surface area contributed by atoms with Gasteiger partial charge in [0.2, 0.25) is 0 Å². The molecule has 1 saturated heterocycles. The number of piperidine rings is 1. The van der Waals surface area contributed by atoms with Crippen LogP contribution in [0.25, 0.3) is 32.9 Å². The van der Waals surface area contributed by atoms with Gasteiger partial charge in [-0.25, -0.2) is 9.97 Å². The summed E-state index contributed by atoms with van der Waals surface area (Å²) in [4.78, 5) is 24.8. The maximum Gasteiger partial charge on any atom is 0.254 e. The number of carbonyl (C=O) groups is 1. The highest BCUT2D eigenvalue weighted by Crippen LogP contribution is 2.37. The number of imidazole rings is 1. The average Bonchev–Trinajstić information content (AvgIpc) is 3.48. The lowest BCUT2D eigenvalue weighted by molar-refractivity contribution is 0.0708. The van der Waals surface area contributed by atoms with E-state index in [4.69, 9.17) is 15.5 Å². The standard InChI is InChI=1S/C25H30N6O2S/c1-29-22-18(9-16(10-20(22)33-2)25(32)30-8-4-7-17(26)13-30)28-23(29)19-11-21-24(27-14-34-21)31(19)12-15-5-3-6-15/h9-11,14-15,17H,3-8,12-13,26H2,1-2H3/t17-/m1/s1.